The third-order valence-electron chi connectivity index (χ3n) is 5.70. The third-order valence-corrected chi connectivity index (χ3v) is 5.70. The van der Waals surface area contributed by atoms with Crippen LogP contribution in [0.5, 0.6) is 0 Å². The van der Waals surface area contributed by atoms with Gasteiger partial charge < -0.3 is 5.32 Å². The van der Waals surface area contributed by atoms with E-state index in [0.717, 1.165) is 12.0 Å². The molecule has 0 radical (unpaired) electrons. The van der Waals surface area contributed by atoms with E-state index in [9.17, 15) is 4.39 Å². The van der Waals surface area contributed by atoms with Crippen LogP contribution in [0, 0.1) is 11.7 Å². The predicted molar refractivity (Wildman–Crippen MR) is 105 cm³/mol. The van der Waals surface area contributed by atoms with Crippen molar-refractivity contribution in [2.45, 2.75) is 18.4 Å². The molecule has 1 nitrogen and oxygen atoms in total. The molecule has 3 aromatic carbocycles. The zero-order chi connectivity index (χ0) is 17.5. The molecular formula is C24H20FN. The fourth-order valence-corrected chi connectivity index (χ4v) is 4.40. The maximum absolute atomic E-state index is 13.3. The Balaban J connectivity index is 1.56. The van der Waals surface area contributed by atoms with Gasteiger partial charge in [-0.1, -0.05) is 60.7 Å². The molecule has 1 N–H and O–H groups in total. The maximum atomic E-state index is 13.3. The summed E-state index contributed by atoms with van der Waals surface area (Å²) in [7, 11) is 0. The summed E-state index contributed by atoms with van der Waals surface area (Å²) in [6.45, 7) is 0. The van der Waals surface area contributed by atoms with Crippen molar-refractivity contribution in [1.82, 2.24) is 0 Å². The first-order valence-electron chi connectivity index (χ1n) is 9.17. The highest BCUT2D eigenvalue weighted by Crippen LogP contribution is 2.50. The van der Waals surface area contributed by atoms with Gasteiger partial charge in [0.1, 0.15) is 5.82 Å². The van der Waals surface area contributed by atoms with E-state index in [1.807, 2.05) is 18.2 Å². The lowest BCUT2D eigenvalue weighted by Crippen LogP contribution is -2.29. The number of nitrogens with one attached hydrogen (secondary N) is 1. The van der Waals surface area contributed by atoms with Gasteiger partial charge in [-0.25, -0.2) is 4.39 Å². The van der Waals surface area contributed by atoms with E-state index in [4.69, 9.17) is 0 Å². The molecule has 0 unspecified atom stereocenters. The Kier molecular flexibility index (Phi) is 3.63. The molecule has 128 valence electrons. The van der Waals surface area contributed by atoms with E-state index in [2.05, 4.69) is 59.9 Å². The Morgan fingerprint density at radius 3 is 2.46 bits per heavy atom. The van der Waals surface area contributed by atoms with Crippen molar-refractivity contribution in [2.24, 2.45) is 5.92 Å². The van der Waals surface area contributed by atoms with Crippen molar-refractivity contribution in [2.75, 3.05) is 5.32 Å². The number of hydrogen-bond donors (Lipinski definition) is 1. The number of allylic oxidation sites excluding steroid dienone is 2. The fraction of sp³-hybridized carbons (Fsp3) is 0.167. The Morgan fingerprint density at radius 2 is 1.65 bits per heavy atom. The van der Waals surface area contributed by atoms with Gasteiger partial charge >= 0.3 is 0 Å². The van der Waals surface area contributed by atoms with Gasteiger partial charge in [0, 0.05) is 11.6 Å². The van der Waals surface area contributed by atoms with E-state index in [0.29, 0.717) is 11.8 Å². The maximum Gasteiger partial charge on any atom is 0.123 e. The van der Waals surface area contributed by atoms with E-state index >= 15 is 0 Å². The third kappa shape index (κ3) is 2.53. The molecule has 1 heterocycles. The summed E-state index contributed by atoms with van der Waals surface area (Å²) in [5.41, 5.74) is 6.21. The van der Waals surface area contributed by atoms with E-state index < -0.39 is 0 Å². The molecule has 0 spiro atoms. The van der Waals surface area contributed by atoms with Gasteiger partial charge in [0.25, 0.3) is 0 Å². The minimum Gasteiger partial charge on any atom is -0.378 e. The van der Waals surface area contributed by atoms with Gasteiger partial charge in [0.15, 0.2) is 0 Å². The van der Waals surface area contributed by atoms with Crippen LogP contribution < -0.4 is 5.32 Å². The molecular weight excluding hydrogens is 321 g/mol. The largest absolute Gasteiger partial charge is 0.378 e. The molecule has 0 saturated carbocycles. The molecule has 0 bridgehead atoms. The van der Waals surface area contributed by atoms with Gasteiger partial charge in [-0.15, -0.1) is 0 Å². The molecule has 0 aromatic heterocycles. The van der Waals surface area contributed by atoms with Crippen LogP contribution in [-0.4, -0.2) is 0 Å². The zero-order valence-electron chi connectivity index (χ0n) is 14.4. The summed E-state index contributed by atoms with van der Waals surface area (Å²) in [5, 5.41) is 3.72. The highest BCUT2D eigenvalue weighted by Gasteiger charge is 2.37. The summed E-state index contributed by atoms with van der Waals surface area (Å²) >= 11 is 0. The van der Waals surface area contributed by atoms with Crippen LogP contribution in [0.3, 0.4) is 0 Å². The van der Waals surface area contributed by atoms with Crippen LogP contribution in [-0.2, 0) is 0 Å². The van der Waals surface area contributed by atoms with Gasteiger partial charge in [-0.05, 0) is 58.9 Å². The summed E-state index contributed by atoms with van der Waals surface area (Å²) in [5.74, 6) is 0.697. The van der Waals surface area contributed by atoms with Crippen molar-refractivity contribution in [3.05, 3.63) is 102 Å². The molecule has 0 amide bonds. The quantitative estimate of drug-likeness (QED) is 0.538. The SMILES string of the molecule is Fc1ccc([C@@H]2Nc3ccc(-c4ccccc4)cc3[C@@H]3C=CC[C@H]32)cc1. The Bertz CT molecular complexity index is 959. The molecule has 1 aliphatic heterocycles. The number of halogens is 1. The number of hydrogen-bond acceptors (Lipinski definition) is 1. The van der Waals surface area contributed by atoms with Crippen molar-refractivity contribution in [3.63, 3.8) is 0 Å². The highest BCUT2D eigenvalue weighted by molar-refractivity contribution is 5.71. The van der Waals surface area contributed by atoms with Crippen molar-refractivity contribution in [3.8, 4) is 11.1 Å². The number of fused-ring (bicyclic) bond motifs is 3. The minimum absolute atomic E-state index is 0.182. The van der Waals surface area contributed by atoms with Gasteiger partial charge in [0.05, 0.1) is 6.04 Å². The molecule has 3 atom stereocenters. The summed E-state index contributed by atoms with van der Waals surface area (Å²) in [6, 6.07) is 24.4. The van der Waals surface area contributed by atoms with Crippen LogP contribution in [0.2, 0.25) is 0 Å². The van der Waals surface area contributed by atoms with Gasteiger partial charge in [0.2, 0.25) is 0 Å². The van der Waals surface area contributed by atoms with Crippen molar-refractivity contribution >= 4 is 5.69 Å². The zero-order valence-corrected chi connectivity index (χ0v) is 14.4. The van der Waals surface area contributed by atoms with E-state index in [1.165, 1.54) is 22.4 Å². The number of benzene rings is 3. The van der Waals surface area contributed by atoms with E-state index in [1.54, 1.807) is 12.1 Å². The molecule has 3 aromatic rings. The summed E-state index contributed by atoms with van der Waals surface area (Å²) in [6.07, 6.45) is 5.68. The lowest BCUT2D eigenvalue weighted by Gasteiger charge is -2.37. The first-order chi connectivity index (χ1) is 12.8. The van der Waals surface area contributed by atoms with Crippen LogP contribution >= 0.6 is 0 Å². The van der Waals surface area contributed by atoms with E-state index in [-0.39, 0.29) is 11.9 Å². The molecule has 1 aliphatic carbocycles. The summed E-state index contributed by atoms with van der Waals surface area (Å²) < 4.78 is 13.3. The molecule has 2 heteroatoms. The van der Waals surface area contributed by atoms with Crippen LogP contribution in [0.15, 0.2) is 84.9 Å². The number of anilines is 1. The minimum atomic E-state index is -0.182. The van der Waals surface area contributed by atoms with Crippen molar-refractivity contribution in [1.29, 1.82) is 0 Å². The second-order valence-electron chi connectivity index (χ2n) is 7.20. The van der Waals surface area contributed by atoms with Crippen LogP contribution in [0.25, 0.3) is 11.1 Å². The second kappa shape index (κ2) is 6.14. The first kappa shape index (κ1) is 15.4. The molecule has 2 aliphatic rings. The highest BCUT2D eigenvalue weighted by atomic mass is 19.1. The second-order valence-corrected chi connectivity index (χ2v) is 7.20. The van der Waals surface area contributed by atoms with Crippen molar-refractivity contribution < 1.29 is 4.39 Å². The normalized spacial score (nSPS) is 23.2. The van der Waals surface area contributed by atoms with Crippen LogP contribution in [0.1, 0.15) is 29.5 Å². The van der Waals surface area contributed by atoms with Gasteiger partial charge in [-0.2, -0.15) is 0 Å². The Hall–Kier alpha value is -2.87. The first-order valence-corrected chi connectivity index (χ1v) is 9.17. The van der Waals surface area contributed by atoms with Gasteiger partial charge in [-0.3, -0.25) is 0 Å². The lowest BCUT2D eigenvalue weighted by atomic mass is 9.76. The standard InChI is InChI=1S/C24H20FN/c25-19-12-9-17(10-13-19)24-21-8-4-7-20(21)22-15-18(11-14-23(22)26-24)16-5-2-1-3-6-16/h1-7,9-15,20-21,24,26H,8H2/t20-,21-,24+/m1/s1. The summed E-state index contributed by atoms with van der Waals surface area (Å²) in [4.78, 5) is 0. The Labute approximate surface area is 153 Å². The fourth-order valence-electron chi connectivity index (χ4n) is 4.40. The molecule has 0 fully saturated rings. The Morgan fingerprint density at radius 1 is 0.846 bits per heavy atom. The molecule has 26 heavy (non-hydrogen) atoms. The predicted octanol–water partition coefficient (Wildman–Crippen LogP) is 6.32. The molecule has 5 rings (SSSR count). The average molecular weight is 341 g/mol. The monoisotopic (exact) mass is 341 g/mol. The molecule has 0 saturated heterocycles. The van der Waals surface area contributed by atoms with Crippen LogP contribution in [0.4, 0.5) is 10.1 Å². The number of rotatable bonds is 2. The smallest absolute Gasteiger partial charge is 0.123 e. The topological polar surface area (TPSA) is 12.0 Å². The average Bonchev–Trinajstić information content (AvgIpc) is 3.19. The lowest BCUT2D eigenvalue weighted by molar-refractivity contribution is 0.425.